The van der Waals surface area contributed by atoms with E-state index in [2.05, 4.69) is 10.4 Å². The molecule has 4 rings (SSSR count). The molecule has 0 bridgehead atoms. The van der Waals surface area contributed by atoms with Crippen LogP contribution < -0.4 is 10.1 Å². The van der Waals surface area contributed by atoms with E-state index in [-0.39, 0.29) is 24.5 Å². The zero-order valence-electron chi connectivity index (χ0n) is 16.4. The molecule has 150 valence electrons. The highest BCUT2D eigenvalue weighted by atomic mass is 16.5. The van der Waals surface area contributed by atoms with Crippen molar-refractivity contribution in [1.82, 2.24) is 10.3 Å². The average molecular weight is 393 g/mol. The number of ether oxygens (including phenoxy) is 1. The minimum Gasteiger partial charge on any atom is -0.497 e. The minimum absolute atomic E-state index is 0.0799. The third kappa shape index (κ3) is 4.09. The molecule has 1 aromatic carbocycles. The van der Waals surface area contributed by atoms with Crippen LogP contribution in [0.1, 0.15) is 42.5 Å². The predicted octanol–water partition coefficient (Wildman–Crippen LogP) is 3.91. The lowest BCUT2D eigenvalue weighted by atomic mass is 10.0. The highest BCUT2D eigenvalue weighted by molar-refractivity contribution is 6.03. The van der Waals surface area contributed by atoms with Gasteiger partial charge in [-0.3, -0.25) is 10.1 Å². The fraction of sp³-hybridized carbons (Fsp3) is 0.273. The molecule has 2 atom stereocenters. The number of carbonyl (C=O) groups is 1. The van der Waals surface area contributed by atoms with Gasteiger partial charge in [-0.25, -0.2) is 5.01 Å². The molecule has 3 aromatic rings. The van der Waals surface area contributed by atoms with Crippen LogP contribution in [0.25, 0.3) is 0 Å². The fourth-order valence-corrected chi connectivity index (χ4v) is 3.36. The topological polar surface area (TPSA) is 80.2 Å². The molecule has 0 saturated heterocycles. The van der Waals surface area contributed by atoms with Crippen molar-refractivity contribution >= 4 is 11.6 Å². The number of rotatable bonds is 7. The van der Waals surface area contributed by atoms with Crippen molar-refractivity contribution in [2.45, 2.75) is 25.4 Å². The SMILES string of the molecule is COc1ccc(C2=NN(C(=O)CN[C@H](C)c3ccco3)[C@@H](c3ccco3)C2)cc1. The van der Waals surface area contributed by atoms with Gasteiger partial charge in [0.25, 0.3) is 5.91 Å². The van der Waals surface area contributed by atoms with Crippen LogP contribution in [0, 0.1) is 0 Å². The summed E-state index contributed by atoms with van der Waals surface area (Å²) in [5.74, 6) is 2.14. The van der Waals surface area contributed by atoms with Gasteiger partial charge in [-0.05, 0) is 61.0 Å². The third-order valence-electron chi connectivity index (χ3n) is 4.99. The van der Waals surface area contributed by atoms with E-state index in [0.717, 1.165) is 22.8 Å². The Kier molecular flexibility index (Phi) is 5.48. The first-order valence-electron chi connectivity index (χ1n) is 9.50. The van der Waals surface area contributed by atoms with Crippen molar-refractivity contribution in [3.63, 3.8) is 0 Å². The zero-order chi connectivity index (χ0) is 20.2. The first-order valence-corrected chi connectivity index (χ1v) is 9.50. The van der Waals surface area contributed by atoms with Gasteiger partial charge in [0.15, 0.2) is 0 Å². The summed E-state index contributed by atoms with van der Waals surface area (Å²) in [4.78, 5) is 13.0. The van der Waals surface area contributed by atoms with Crippen molar-refractivity contribution in [3.8, 4) is 5.75 Å². The number of hydrogen-bond acceptors (Lipinski definition) is 6. The standard InChI is InChI=1S/C22H23N3O4/c1-15(20-5-3-11-28-20)23-14-22(26)25-19(21-6-4-12-29-21)13-18(24-25)16-7-9-17(27-2)10-8-16/h3-12,15,19,23H,13-14H2,1-2H3/t15-,19-/m1/s1. The van der Waals surface area contributed by atoms with Crippen LogP contribution in [0.5, 0.6) is 5.75 Å². The molecule has 1 aliphatic heterocycles. The second-order valence-corrected chi connectivity index (χ2v) is 6.87. The Morgan fingerprint density at radius 1 is 1.21 bits per heavy atom. The molecule has 2 aromatic heterocycles. The number of carbonyl (C=O) groups excluding carboxylic acids is 1. The number of amides is 1. The average Bonchev–Trinajstić information content (AvgIpc) is 3.52. The molecule has 0 fully saturated rings. The second kappa shape index (κ2) is 8.36. The lowest BCUT2D eigenvalue weighted by Gasteiger charge is -2.21. The molecule has 1 amide bonds. The van der Waals surface area contributed by atoms with Gasteiger partial charge in [-0.15, -0.1) is 0 Å². The highest BCUT2D eigenvalue weighted by Gasteiger charge is 2.34. The van der Waals surface area contributed by atoms with E-state index < -0.39 is 0 Å². The van der Waals surface area contributed by atoms with Crippen LogP contribution in [0.2, 0.25) is 0 Å². The minimum atomic E-state index is -0.268. The molecule has 3 heterocycles. The third-order valence-corrected chi connectivity index (χ3v) is 4.99. The molecule has 7 heteroatoms. The number of hydrogen-bond donors (Lipinski definition) is 1. The molecular weight excluding hydrogens is 370 g/mol. The van der Waals surface area contributed by atoms with Gasteiger partial charge < -0.3 is 13.6 Å². The largest absolute Gasteiger partial charge is 0.497 e. The van der Waals surface area contributed by atoms with Gasteiger partial charge in [-0.1, -0.05) is 0 Å². The smallest absolute Gasteiger partial charge is 0.257 e. The Morgan fingerprint density at radius 3 is 2.62 bits per heavy atom. The van der Waals surface area contributed by atoms with Crippen molar-refractivity contribution < 1.29 is 18.4 Å². The van der Waals surface area contributed by atoms with Crippen molar-refractivity contribution in [2.24, 2.45) is 5.10 Å². The van der Waals surface area contributed by atoms with Crippen LogP contribution >= 0.6 is 0 Å². The maximum Gasteiger partial charge on any atom is 0.257 e. The summed E-state index contributed by atoms with van der Waals surface area (Å²) in [6.07, 6.45) is 3.81. The summed E-state index contributed by atoms with van der Waals surface area (Å²) < 4.78 is 16.2. The number of nitrogens with one attached hydrogen (secondary N) is 1. The van der Waals surface area contributed by atoms with Crippen LogP contribution in [0.15, 0.2) is 75.0 Å². The summed E-state index contributed by atoms with van der Waals surface area (Å²) in [6, 6.07) is 14.7. The maximum atomic E-state index is 13.0. The van der Waals surface area contributed by atoms with E-state index >= 15 is 0 Å². The van der Waals surface area contributed by atoms with E-state index in [1.807, 2.05) is 55.5 Å². The van der Waals surface area contributed by atoms with Crippen molar-refractivity contribution in [3.05, 3.63) is 78.1 Å². The summed E-state index contributed by atoms with van der Waals surface area (Å²) in [7, 11) is 1.63. The quantitative estimate of drug-likeness (QED) is 0.658. The van der Waals surface area contributed by atoms with Crippen molar-refractivity contribution in [1.29, 1.82) is 0 Å². The van der Waals surface area contributed by atoms with Gasteiger partial charge in [-0.2, -0.15) is 5.10 Å². The molecule has 0 unspecified atom stereocenters. The normalized spacial score (nSPS) is 17.2. The molecule has 7 nitrogen and oxygen atoms in total. The van der Waals surface area contributed by atoms with E-state index in [9.17, 15) is 4.79 Å². The summed E-state index contributed by atoms with van der Waals surface area (Å²) >= 11 is 0. The Hall–Kier alpha value is -3.32. The zero-order valence-corrected chi connectivity index (χ0v) is 16.4. The predicted molar refractivity (Wildman–Crippen MR) is 108 cm³/mol. The Morgan fingerprint density at radius 2 is 1.97 bits per heavy atom. The monoisotopic (exact) mass is 393 g/mol. The van der Waals surface area contributed by atoms with E-state index in [0.29, 0.717) is 12.2 Å². The number of furan rings is 2. The molecule has 1 aliphatic rings. The molecule has 29 heavy (non-hydrogen) atoms. The number of hydrazone groups is 1. The highest BCUT2D eigenvalue weighted by Crippen LogP contribution is 2.33. The number of nitrogens with zero attached hydrogens (tertiary/aromatic N) is 2. The van der Waals surface area contributed by atoms with Crippen LogP contribution in [-0.4, -0.2) is 30.3 Å². The Balaban J connectivity index is 1.51. The lowest BCUT2D eigenvalue weighted by Crippen LogP contribution is -2.36. The second-order valence-electron chi connectivity index (χ2n) is 6.87. The summed E-state index contributed by atoms with van der Waals surface area (Å²) in [6.45, 7) is 2.09. The molecule has 0 spiro atoms. The first-order chi connectivity index (χ1) is 14.2. The van der Waals surface area contributed by atoms with E-state index in [4.69, 9.17) is 13.6 Å². The lowest BCUT2D eigenvalue weighted by molar-refractivity contribution is -0.132. The molecule has 0 radical (unpaired) electrons. The Labute approximate surface area is 168 Å². The van der Waals surface area contributed by atoms with E-state index in [1.54, 1.807) is 19.6 Å². The Bertz CT molecular complexity index is 962. The fourth-order valence-electron chi connectivity index (χ4n) is 3.36. The van der Waals surface area contributed by atoms with Crippen LogP contribution in [-0.2, 0) is 4.79 Å². The number of benzene rings is 1. The van der Waals surface area contributed by atoms with Crippen LogP contribution in [0.4, 0.5) is 0 Å². The maximum absolute atomic E-state index is 13.0. The molecule has 0 aliphatic carbocycles. The molecule has 1 N–H and O–H groups in total. The summed E-state index contributed by atoms with van der Waals surface area (Å²) in [5.41, 5.74) is 1.79. The molecule has 0 saturated carbocycles. The van der Waals surface area contributed by atoms with Crippen molar-refractivity contribution in [2.75, 3.05) is 13.7 Å². The van der Waals surface area contributed by atoms with E-state index in [1.165, 1.54) is 5.01 Å². The van der Waals surface area contributed by atoms with Gasteiger partial charge >= 0.3 is 0 Å². The van der Waals surface area contributed by atoms with Crippen LogP contribution in [0.3, 0.4) is 0 Å². The molecular formula is C22H23N3O4. The summed E-state index contributed by atoms with van der Waals surface area (Å²) in [5, 5.41) is 9.34. The van der Waals surface area contributed by atoms with Gasteiger partial charge in [0.05, 0.1) is 37.9 Å². The first kappa shape index (κ1) is 19.0. The van der Waals surface area contributed by atoms with Gasteiger partial charge in [0.2, 0.25) is 0 Å². The van der Waals surface area contributed by atoms with Gasteiger partial charge in [0.1, 0.15) is 23.3 Å². The number of methoxy groups -OCH3 is 1. The van der Waals surface area contributed by atoms with Gasteiger partial charge in [0, 0.05) is 6.42 Å².